The van der Waals surface area contributed by atoms with Gasteiger partial charge in [-0.25, -0.2) is 4.79 Å². The molecule has 0 heterocycles. The van der Waals surface area contributed by atoms with Crippen molar-refractivity contribution in [1.29, 1.82) is 0 Å². The van der Waals surface area contributed by atoms with Gasteiger partial charge in [-0.2, -0.15) is 0 Å². The summed E-state index contributed by atoms with van der Waals surface area (Å²) in [5.74, 6) is -5.65. The van der Waals surface area contributed by atoms with Crippen molar-refractivity contribution in [3.05, 3.63) is 0 Å². The molecular weight excluding hydrogens is 272 g/mol. The van der Waals surface area contributed by atoms with Crippen LogP contribution in [-0.4, -0.2) is 78.7 Å². The Morgan fingerprint density at radius 1 is 0.889 bits per heavy atom. The number of hydrogen-bond donors (Lipinski definition) is 2. The summed E-state index contributed by atoms with van der Waals surface area (Å²) in [7, 11) is 0. The number of aliphatic carboxylic acids is 3. The van der Waals surface area contributed by atoms with E-state index in [0.29, 0.717) is 0 Å². The van der Waals surface area contributed by atoms with Crippen LogP contribution in [0.4, 0.5) is 0 Å². The third kappa shape index (κ3) is 13.0. The average molecular weight is 286 g/mol. The standard InChI is InChI=1S/C6H8O7.Mg.4H2O/c7-3(8)1-6(13,5(11)12)2-4(9)10;;;;;/h13H,1-2H2,(H,7,8)(H,9,10)(H,11,12);;4*1H2/q;+2;;;;/p-2. The van der Waals surface area contributed by atoms with Gasteiger partial charge in [0.2, 0.25) is 0 Å². The molecule has 0 aliphatic carbocycles. The van der Waals surface area contributed by atoms with E-state index >= 15 is 0 Å². The molecule has 0 atom stereocenters. The van der Waals surface area contributed by atoms with E-state index in [1.54, 1.807) is 0 Å². The van der Waals surface area contributed by atoms with Crippen LogP contribution >= 0.6 is 0 Å². The second kappa shape index (κ2) is 14.0. The van der Waals surface area contributed by atoms with E-state index in [2.05, 4.69) is 0 Å². The molecule has 0 aliphatic rings. The zero-order valence-corrected chi connectivity index (χ0v) is 10.5. The van der Waals surface area contributed by atoms with Crippen molar-refractivity contribution in [2.24, 2.45) is 0 Å². The van der Waals surface area contributed by atoms with Crippen LogP contribution < -0.4 is 10.2 Å². The summed E-state index contributed by atoms with van der Waals surface area (Å²) in [6.07, 6.45) is -2.59. The van der Waals surface area contributed by atoms with Crippen LogP contribution in [0.2, 0.25) is 0 Å². The fourth-order valence-electron chi connectivity index (χ4n) is 0.691. The van der Waals surface area contributed by atoms with Gasteiger partial charge in [-0.3, -0.25) is 0 Å². The van der Waals surface area contributed by atoms with Crippen molar-refractivity contribution in [3.63, 3.8) is 0 Å². The van der Waals surface area contributed by atoms with Gasteiger partial charge in [-0.05, 0) is 0 Å². The molecule has 0 radical (unpaired) electrons. The van der Waals surface area contributed by atoms with E-state index in [0.717, 1.165) is 0 Å². The summed E-state index contributed by atoms with van der Waals surface area (Å²) in [5, 5.41) is 37.2. The minimum absolute atomic E-state index is 0. The molecule has 0 rings (SSSR count). The maximum Gasteiger partial charge on any atom is 2.00 e. The molecule has 10 N–H and O–H groups in total. The molecule has 0 aromatic rings. The number of carboxylic acids is 3. The predicted molar refractivity (Wildman–Crippen MR) is 52.0 cm³/mol. The van der Waals surface area contributed by atoms with Crippen LogP contribution in [-0.2, 0) is 14.4 Å². The van der Waals surface area contributed by atoms with Crippen LogP contribution in [0.3, 0.4) is 0 Å². The van der Waals surface area contributed by atoms with Crippen molar-refractivity contribution in [1.82, 2.24) is 0 Å². The molecule has 0 fully saturated rings. The number of aliphatic hydroxyl groups is 1. The first-order valence-corrected chi connectivity index (χ1v) is 3.13. The fourth-order valence-corrected chi connectivity index (χ4v) is 0.691. The normalized spacial score (nSPS) is 7.83. The van der Waals surface area contributed by atoms with Crippen molar-refractivity contribution >= 4 is 41.0 Å². The summed E-state index contributed by atoms with van der Waals surface area (Å²) in [4.78, 5) is 30.2. The Hall–Kier alpha value is -1.02. The quantitative estimate of drug-likeness (QED) is 0.460. The summed E-state index contributed by atoms with van der Waals surface area (Å²) in [6.45, 7) is 0. The van der Waals surface area contributed by atoms with Crippen LogP contribution in [0, 0.1) is 0 Å². The van der Waals surface area contributed by atoms with Crippen molar-refractivity contribution in [3.8, 4) is 0 Å². The predicted octanol–water partition coefficient (Wildman–Crippen LogP) is -7.60. The Balaban J connectivity index is -0.0000000720. The minimum Gasteiger partial charge on any atom is -0.550 e. The van der Waals surface area contributed by atoms with E-state index < -0.39 is 36.4 Å². The molecule has 0 aliphatic heterocycles. The largest absolute Gasteiger partial charge is 2.00 e. The molecule has 0 unspecified atom stereocenters. The fraction of sp³-hybridized carbons (Fsp3) is 0.500. The molecule has 0 spiro atoms. The molecule has 0 bridgehead atoms. The van der Waals surface area contributed by atoms with Gasteiger partial charge in [-0.1, -0.05) is 0 Å². The summed E-state index contributed by atoms with van der Waals surface area (Å²) >= 11 is 0. The molecule has 0 aromatic carbocycles. The summed E-state index contributed by atoms with van der Waals surface area (Å²) < 4.78 is 0. The Labute approximate surface area is 116 Å². The van der Waals surface area contributed by atoms with Crippen molar-refractivity contribution < 1.29 is 56.7 Å². The molecule has 12 heteroatoms. The number of carbonyl (C=O) groups is 3. The van der Waals surface area contributed by atoms with Crippen molar-refractivity contribution in [2.45, 2.75) is 18.4 Å². The van der Waals surface area contributed by atoms with E-state index in [9.17, 15) is 24.6 Å². The third-order valence-electron chi connectivity index (χ3n) is 1.27. The minimum atomic E-state index is -2.86. The molecule has 0 aromatic heterocycles. The van der Waals surface area contributed by atoms with E-state index in [4.69, 9.17) is 10.2 Å². The molecule has 11 nitrogen and oxygen atoms in total. The third-order valence-corrected chi connectivity index (χ3v) is 1.27. The SMILES string of the molecule is O.O.O.O.O=C([O-])CC(O)(CC(=O)[O-])C(=O)O.[Mg+2]. The van der Waals surface area contributed by atoms with E-state index in [1.165, 1.54) is 0 Å². The maximum absolute atomic E-state index is 10.3. The van der Waals surface area contributed by atoms with Gasteiger partial charge in [0.25, 0.3) is 0 Å². The summed E-state index contributed by atoms with van der Waals surface area (Å²) in [5.41, 5.74) is -2.86. The molecule has 0 saturated heterocycles. The van der Waals surface area contributed by atoms with Crippen LogP contribution in [0.15, 0.2) is 0 Å². The Bertz CT molecular complexity index is 236. The molecular formula is C6H14MgO11. The number of hydrogen-bond acceptors (Lipinski definition) is 6. The molecule has 0 saturated carbocycles. The first kappa shape index (κ1) is 36.0. The Morgan fingerprint density at radius 2 is 1.11 bits per heavy atom. The van der Waals surface area contributed by atoms with Gasteiger partial charge in [0, 0.05) is 24.8 Å². The second-order valence-corrected chi connectivity index (χ2v) is 2.43. The number of carbonyl (C=O) groups excluding carboxylic acids is 2. The topological polar surface area (TPSA) is 264 Å². The Morgan fingerprint density at radius 3 is 1.22 bits per heavy atom. The van der Waals surface area contributed by atoms with Gasteiger partial charge < -0.3 is 51.9 Å². The first-order chi connectivity index (χ1) is 5.78. The van der Waals surface area contributed by atoms with Crippen LogP contribution in [0.5, 0.6) is 0 Å². The van der Waals surface area contributed by atoms with Crippen molar-refractivity contribution in [2.75, 3.05) is 0 Å². The zero-order valence-electron chi connectivity index (χ0n) is 9.06. The second-order valence-electron chi connectivity index (χ2n) is 2.43. The van der Waals surface area contributed by atoms with Crippen LogP contribution in [0.25, 0.3) is 0 Å². The zero-order chi connectivity index (χ0) is 10.6. The number of carboxylic acid groups (broad SMARTS) is 3. The summed E-state index contributed by atoms with van der Waals surface area (Å²) in [6, 6.07) is 0. The van der Waals surface area contributed by atoms with Gasteiger partial charge in [-0.15, -0.1) is 0 Å². The van der Waals surface area contributed by atoms with Gasteiger partial charge in [0.15, 0.2) is 5.60 Å². The van der Waals surface area contributed by atoms with Gasteiger partial charge in [0.05, 0.1) is 0 Å². The Kier molecular flexibility index (Phi) is 28.1. The average Bonchev–Trinajstić information content (AvgIpc) is 1.82. The van der Waals surface area contributed by atoms with E-state index in [1.807, 2.05) is 0 Å². The molecule has 0 amide bonds. The van der Waals surface area contributed by atoms with Gasteiger partial charge >= 0.3 is 29.0 Å². The number of rotatable bonds is 5. The first-order valence-electron chi connectivity index (χ1n) is 3.13. The monoisotopic (exact) mass is 286 g/mol. The smallest absolute Gasteiger partial charge is 0.550 e. The van der Waals surface area contributed by atoms with E-state index in [-0.39, 0.29) is 45.0 Å². The van der Waals surface area contributed by atoms with Gasteiger partial charge in [0.1, 0.15) is 0 Å². The molecule has 18 heavy (non-hydrogen) atoms. The maximum atomic E-state index is 10.3. The molecule has 106 valence electrons. The van der Waals surface area contributed by atoms with Crippen LogP contribution in [0.1, 0.15) is 12.8 Å².